The summed E-state index contributed by atoms with van der Waals surface area (Å²) in [4.78, 5) is 18.8. The summed E-state index contributed by atoms with van der Waals surface area (Å²) in [7, 11) is 0. The van der Waals surface area contributed by atoms with E-state index in [0.29, 0.717) is 10.9 Å². The first-order chi connectivity index (χ1) is 10.4. The van der Waals surface area contributed by atoms with Crippen LogP contribution >= 0.6 is 0 Å². The zero-order valence-electron chi connectivity index (χ0n) is 10.8. The molecule has 112 valence electrons. The Labute approximate surface area is 121 Å². The predicted octanol–water partition coefficient (Wildman–Crippen LogP) is 2.14. The van der Waals surface area contributed by atoms with Gasteiger partial charge in [-0.05, 0) is 18.2 Å². The number of carbonyl (C=O) groups is 1. The molecule has 3 aromatic rings. The van der Waals surface area contributed by atoms with Gasteiger partial charge in [0.2, 0.25) is 0 Å². The second-order valence-electron chi connectivity index (χ2n) is 4.48. The minimum Gasteiger partial charge on any atom is -0.364 e. The van der Waals surface area contributed by atoms with Crippen LogP contribution in [0.5, 0.6) is 0 Å². The molecule has 3 N–H and O–H groups in total. The first-order valence-electron chi connectivity index (χ1n) is 6.04. The molecule has 3 rings (SSSR count). The summed E-state index contributed by atoms with van der Waals surface area (Å²) in [5, 5.41) is 7.21. The van der Waals surface area contributed by atoms with Gasteiger partial charge in [-0.3, -0.25) is 14.9 Å². The quantitative estimate of drug-likeness (QED) is 0.758. The van der Waals surface area contributed by atoms with Crippen molar-refractivity contribution in [2.24, 2.45) is 5.73 Å². The van der Waals surface area contributed by atoms with Gasteiger partial charge in [0, 0.05) is 10.9 Å². The van der Waals surface area contributed by atoms with Gasteiger partial charge in [0.15, 0.2) is 0 Å². The minimum absolute atomic E-state index is 0.128. The zero-order valence-corrected chi connectivity index (χ0v) is 10.8. The lowest BCUT2D eigenvalue weighted by Crippen LogP contribution is -2.18. The first-order valence-corrected chi connectivity index (χ1v) is 6.04. The van der Waals surface area contributed by atoms with Crippen LogP contribution in [-0.4, -0.2) is 26.1 Å². The minimum atomic E-state index is -4.66. The summed E-state index contributed by atoms with van der Waals surface area (Å²) in [6.07, 6.45) is -1.67. The number of nitrogens with one attached hydrogen (secondary N) is 1. The van der Waals surface area contributed by atoms with Gasteiger partial charge in [0.25, 0.3) is 5.91 Å². The van der Waals surface area contributed by atoms with Crippen LogP contribution < -0.4 is 5.73 Å². The van der Waals surface area contributed by atoms with Gasteiger partial charge < -0.3 is 5.73 Å². The number of halogens is 3. The zero-order chi connectivity index (χ0) is 15.9. The first kappa shape index (κ1) is 14.0. The van der Waals surface area contributed by atoms with E-state index in [9.17, 15) is 18.0 Å². The molecular weight excluding hydrogens is 299 g/mol. The standard InChI is InChI=1S/C13H8F3N5O/c14-13(15,16)10-2-1-7(11(20-10)12(17)22)8-3-6-4-19-21-9(6)5-18-8/h1-5H,(H2,17,22)(H,19,21). The van der Waals surface area contributed by atoms with Crippen LogP contribution in [0.25, 0.3) is 22.2 Å². The third kappa shape index (κ3) is 2.36. The van der Waals surface area contributed by atoms with E-state index in [1.54, 1.807) is 6.07 Å². The van der Waals surface area contributed by atoms with E-state index in [4.69, 9.17) is 5.73 Å². The highest BCUT2D eigenvalue weighted by molar-refractivity contribution is 5.98. The van der Waals surface area contributed by atoms with Crippen LogP contribution in [0, 0.1) is 0 Å². The number of carbonyl (C=O) groups excluding carboxylic acids is 1. The summed E-state index contributed by atoms with van der Waals surface area (Å²) >= 11 is 0. The smallest absolute Gasteiger partial charge is 0.364 e. The lowest BCUT2D eigenvalue weighted by molar-refractivity contribution is -0.141. The highest BCUT2D eigenvalue weighted by Crippen LogP contribution is 2.31. The van der Waals surface area contributed by atoms with E-state index in [1.807, 2.05) is 0 Å². The molecule has 22 heavy (non-hydrogen) atoms. The number of hydrogen-bond acceptors (Lipinski definition) is 4. The van der Waals surface area contributed by atoms with Crippen molar-refractivity contribution in [2.45, 2.75) is 6.18 Å². The lowest BCUT2D eigenvalue weighted by atomic mass is 10.1. The fourth-order valence-electron chi connectivity index (χ4n) is 2.00. The van der Waals surface area contributed by atoms with Crippen molar-refractivity contribution in [1.29, 1.82) is 0 Å². The maximum Gasteiger partial charge on any atom is 0.433 e. The maximum absolute atomic E-state index is 12.7. The predicted molar refractivity (Wildman–Crippen MR) is 70.6 cm³/mol. The lowest BCUT2D eigenvalue weighted by Gasteiger charge is -2.10. The number of hydrogen-bond donors (Lipinski definition) is 2. The molecule has 9 heteroatoms. The Hall–Kier alpha value is -2.97. The molecule has 0 aliphatic rings. The van der Waals surface area contributed by atoms with Gasteiger partial charge in [-0.2, -0.15) is 18.3 Å². The summed E-state index contributed by atoms with van der Waals surface area (Å²) in [6, 6.07) is 3.49. The number of rotatable bonds is 2. The fourth-order valence-corrected chi connectivity index (χ4v) is 2.00. The normalized spacial score (nSPS) is 11.8. The number of nitrogens with two attached hydrogens (primary N) is 1. The fraction of sp³-hybridized carbons (Fsp3) is 0.0769. The number of aromatic nitrogens is 4. The summed E-state index contributed by atoms with van der Waals surface area (Å²) in [5.41, 5.74) is 4.54. The van der Waals surface area contributed by atoms with Crippen LogP contribution in [0.15, 0.2) is 30.6 Å². The number of fused-ring (bicyclic) bond motifs is 1. The largest absolute Gasteiger partial charge is 0.433 e. The molecule has 6 nitrogen and oxygen atoms in total. The monoisotopic (exact) mass is 307 g/mol. The number of nitrogens with zero attached hydrogens (tertiary/aromatic N) is 3. The van der Waals surface area contributed by atoms with Gasteiger partial charge in [0.1, 0.15) is 11.4 Å². The second kappa shape index (κ2) is 4.79. The Kier molecular flexibility index (Phi) is 3.05. The Morgan fingerprint density at radius 1 is 1.23 bits per heavy atom. The van der Waals surface area contributed by atoms with Gasteiger partial charge >= 0.3 is 6.18 Å². The van der Waals surface area contributed by atoms with Gasteiger partial charge in [-0.1, -0.05) is 0 Å². The van der Waals surface area contributed by atoms with Crippen LogP contribution in [0.2, 0.25) is 0 Å². The van der Waals surface area contributed by atoms with Crippen molar-refractivity contribution in [3.63, 3.8) is 0 Å². The van der Waals surface area contributed by atoms with Crippen molar-refractivity contribution in [3.05, 3.63) is 42.0 Å². The van der Waals surface area contributed by atoms with Crippen LogP contribution in [-0.2, 0) is 6.18 Å². The molecule has 0 aliphatic carbocycles. The molecule has 0 saturated carbocycles. The average molecular weight is 307 g/mol. The summed E-state index contributed by atoms with van der Waals surface area (Å²) in [5.74, 6) is -1.06. The van der Waals surface area contributed by atoms with Gasteiger partial charge in [-0.25, -0.2) is 4.98 Å². The van der Waals surface area contributed by atoms with Crippen molar-refractivity contribution < 1.29 is 18.0 Å². The number of H-pyrrole nitrogens is 1. The third-order valence-corrected chi connectivity index (χ3v) is 3.02. The number of aromatic amines is 1. The van der Waals surface area contributed by atoms with Crippen LogP contribution in [0.3, 0.4) is 0 Å². The Morgan fingerprint density at radius 2 is 2.00 bits per heavy atom. The molecule has 0 saturated heterocycles. The Morgan fingerprint density at radius 3 is 2.68 bits per heavy atom. The number of alkyl halides is 3. The Balaban J connectivity index is 2.18. The van der Waals surface area contributed by atoms with E-state index in [1.165, 1.54) is 12.4 Å². The van der Waals surface area contributed by atoms with Gasteiger partial charge in [-0.15, -0.1) is 0 Å². The summed E-state index contributed by atoms with van der Waals surface area (Å²) in [6.45, 7) is 0. The molecule has 0 bridgehead atoms. The SMILES string of the molecule is NC(=O)c1nc(C(F)(F)F)ccc1-c1cc2cn[nH]c2cn1. The number of primary amides is 1. The van der Waals surface area contributed by atoms with Crippen molar-refractivity contribution in [1.82, 2.24) is 20.2 Å². The number of pyridine rings is 2. The molecule has 0 aliphatic heterocycles. The molecule has 1 amide bonds. The van der Waals surface area contributed by atoms with E-state index in [-0.39, 0.29) is 11.3 Å². The van der Waals surface area contributed by atoms with Gasteiger partial charge in [0.05, 0.1) is 23.6 Å². The van der Waals surface area contributed by atoms with E-state index in [2.05, 4.69) is 20.2 Å². The average Bonchev–Trinajstić information content (AvgIpc) is 2.92. The molecule has 0 atom stereocenters. The molecular formula is C13H8F3N5O. The molecule has 0 spiro atoms. The molecule has 0 unspecified atom stereocenters. The van der Waals surface area contributed by atoms with Crippen molar-refractivity contribution in [3.8, 4) is 11.3 Å². The molecule has 0 radical (unpaired) electrons. The Bertz CT molecular complexity index is 871. The highest BCUT2D eigenvalue weighted by Gasteiger charge is 2.33. The maximum atomic E-state index is 12.7. The second-order valence-corrected chi connectivity index (χ2v) is 4.48. The van der Waals surface area contributed by atoms with E-state index in [0.717, 1.165) is 12.1 Å². The highest BCUT2D eigenvalue weighted by atomic mass is 19.4. The van der Waals surface area contributed by atoms with Crippen molar-refractivity contribution >= 4 is 16.8 Å². The summed E-state index contributed by atoms with van der Waals surface area (Å²) < 4.78 is 38.1. The molecule has 0 aromatic carbocycles. The van der Waals surface area contributed by atoms with E-state index < -0.39 is 23.5 Å². The topological polar surface area (TPSA) is 97.5 Å². The molecule has 0 fully saturated rings. The molecule has 3 aromatic heterocycles. The van der Waals surface area contributed by atoms with Crippen molar-refractivity contribution in [2.75, 3.05) is 0 Å². The third-order valence-electron chi connectivity index (χ3n) is 3.02. The molecule has 3 heterocycles. The van der Waals surface area contributed by atoms with Crippen LogP contribution in [0.1, 0.15) is 16.2 Å². The number of amides is 1. The van der Waals surface area contributed by atoms with E-state index >= 15 is 0 Å². The van der Waals surface area contributed by atoms with Crippen LogP contribution in [0.4, 0.5) is 13.2 Å².